The fourth-order valence-corrected chi connectivity index (χ4v) is 2.49. The first-order chi connectivity index (χ1) is 12.6. The van der Waals surface area contributed by atoms with Crippen LogP contribution in [0.1, 0.15) is 32.6 Å². The molecule has 3 N–H and O–H groups in total. The van der Waals surface area contributed by atoms with E-state index in [1.54, 1.807) is 0 Å². The molecule has 0 aromatic heterocycles. The summed E-state index contributed by atoms with van der Waals surface area (Å²) < 4.78 is 5.47. The van der Waals surface area contributed by atoms with Gasteiger partial charge in [0, 0.05) is 6.42 Å². The molecular weight excluding hydrogens is 350 g/mol. The Balaban J connectivity index is 1.69. The molecule has 0 radical (unpaired) electrons. The zero-order valence-electron chi connectivity index (χ0n) is 14.7. The summed E-state index contributed by atoms with van der Waals surface area (Å²) in [5.41, 5.74) is 4.88. The molecule has 0 fully saturated rings. The number of unbranched alkanes of at least 4 members (excludes halogenated alkanes) is 2. The lowest BCUT2D eigenvalue weighted by molar-refractivity contribution is -0.124. The number of fused-ring (bicyclic) bond motifs is 1. The fourth-order valence-electron chi connectivity index (χ4n) is 2.32. The van der Waals surface area contributed by atoms with Crippen LogP contribution in [-0.4, -0.2) is 23.5 Å². The number of carbonyl (C=O) groups excluding carboxylic acids is 2. The van der Waals surface area contributed by atoms with Crippen molar-refractivity contribution in [2.75, 3.05) is 6.61 Å². The summed E-state index contributed by atoms with van der Waals surface area (Å²) in [6, 6.07) is 13.5. The first kappa shape index (κ1) is 19.7. The molecule has 0 saturated heterocycles. The zero-order chi connectivity index (χ0) is 18.8. The van der Waals surface area contributed by atoms with Gasteiger partial charge in [0.2, 0.25) is 5.91 Å². The summed E-state index contributed by atoms with van der Waals surface area (Å²) in [5, 5.41) is 4.71. The van der Waals surface area contributed by atoms with E-state index in [4.69, 9.17) is 17.0 Å². The minimum atomic E-state index is -0.402. The predicted molar refractivity (Wildman–Crippen MR) is 106 cm³/mol. The van der Waals surface area contributed by atoms with Gasteiger partial charge in [-0.1, -0.05) is 50.1 Å². The number of nitrogens with one attached hydrogen (secondary N) is 3. The highest BCUT2D eigenvalue weighted by Crippen LogP contribution is 2.20. The maximum absolute atomic E-state index is 11.8. The maximum Gasteiger partial charge on any atom is 0.276 e. The topological polar surface area (TPSA) is 79.5 Å². The number of carbonyl (C=O) groups is 2. The first-order valence-electron chi connectivity index (χ1n) is 8.58. The lowest BCUT2D eigenvalue weighted by Gasteiger charge is -2.11. The molecule has 2 rings (SSSR count). The molecule has 2 aromatic carbocycles. The van der Waals surface area contributed by atoms with E-state index in [2.05, 4.69) is 23.1 Å². The van der Waals surface area contributed by atoms with Crippen molar-refractivity contribution in [3.63, 3.8) is 0 Å². The lowest BCUT2D eigenvalue weighted by atomic mass is 10.1. The van der Waals surface area contributed by atoms with E-state index < -0.39 is 5.91 Å². The molecular formula is C19H23N3O3S. The molecule has 0 aliphatic carbocycles. The summed E-state index contributed by atoms with van der Waals surface area (Å²) in [6.07, 6.45) is 3.27. The van der Waals surface area contributed by atoms with Crippen molar-refractivity contribution in [3.05, 3.63) is 42.5 Å². The van der Waals surface area contributed by atoms with Crippen molar-refractivity contribution >= 4 is 39.9 Å². The second-order valence-electron chi connectivity index (χ2n) is 5.81. The molecule has 6 nitrogen and oxygen atoms in total. The molecule has 0 unspecified atom stereocenters. The number of hydrogen-bond acceptors (Lipinski definition) is 4. The highest BCUT2D eigenvalue weighted by molar-refractivity contribution is 7.80. The number of thiocarbonyl (C=S) groups is 1. The van der Waals surface area contributed by atoms with Crippen LogP contribution in [0.3, 0.4) is 0 Å². The normalized spacial score (nSPS) is 10.2. The number of hydrogen-bond donors (Lipinski definition) is 3. The van der Waals surface area contributed by atoms with Gasteiger partial charge in [0.1, 0.15) is 5.75 Å². The molecule has 0 saturated carbocycles. The molecule has 0 spiro atoms. The average molecular weight is 373 g/mol. The molecule has 2 aromatic rings. The van der Waals surface area contributed by atoms with Crippen LogP contribution in [-0.2, 0) is 9.59 Å². The monoisotopic (exact) mass is 373 g/mol. The van der Waals surface area contributed by atoms with Gasteiger partial charge in [-0.05, 0) is 41.5 Å². The van der Waals surface area contributed by atoms with Crippen LogP contribution in [0, 0.1) is 0 Å². The van der Waals surface area contributed by atoms with E-state index in [0.29, 0.717) is 12.2 Å². The van der Waals surface area contributed by atoms with Crippen molar-refractivity contribution < 1.29 is 14.3 Å². The standard InChI is InChI=1S/C19H23N3O3S/c1-2-3-4-9-17(23)20-19(26)22-21-18(24)13-25-16-11-10-14-7-5-6-8-15(14)12-16/h5-8,10-12H,2-4,9,13H2,1H3,(H,21,24)(H2,20,22,23,26). The third-order valence-corrected chi connectivity index (χ3v) is 3.87. The Hall–Kier alpha value is -2.67. The number of amides is 2. The first-order valence-corrected chi connectivity index (χ1v) is 8.99. The SMILES string of the molecule is CCCCCC(=O)NC(=S)NNC(=O)COc1ccc2ccccc2c1. The molecule has 0 atom stereocenters. The molecule has 0 heterocycles. The second kappa shape index (κ2) is 10.4. The van der Waals surface area contributed by atoms with Crippen molar-refractivity contribution in [1.29, 1.82) is 0 Å². The Morgan fingerprint density at radius 2 is 1.77 bits per heavy atom. The highest BCUT2D eigenvalue weighted by Gasteiger charge is 2.07. The van der Waals surface area contributed by atoms with Gasteiger partial charge < -0.3 is 10.1 Å². The largest absolute Gasteiger partial charge is 0.484 e. The van der Waals surface area contributed by atoms with Gasteiger partial charge in [-0.3, -0.25) is 20.4 Å². The smallest absolute Gasteiger partial charge is 0.276 e. The van der Waals surface area contributed by atoms with E-state index in [9.17, 15) is 9.59 Å². The molecule has 0 bridgehead atoms. The van der Waals surface area contributed by atoms with Gasteiger partial charge in [0.05, 0.1) is 0 Å². The molecule has 0 aliphatic heterocycles. The Labute approximate surface area is 158 Å². The number of hydrazine groups is 1. The maximum atomic E-state index is 11.8. The fraction of sp³-hybridized carbons (Fsp3) is 0.316. The average Bonchev–Trinajstić information content (AvgIpc) is 2.64. The number of rotatable bonds is 7. The van der Waals surface area contributed by atoms with Crippen molar-refractivity contribution in [3.8, 4) is 5.75 Å². The number of benzene rings is 2. The van der Waals surface area contributed by atoms with Crippen molar-refractivity contribution in [2.45, 2.75) is 32.6 Å². The van der Waals surface area contributed by atoms with Gasteiger partial charge in [-0.15, -0.1) is 0 Å². The highest BCUT2D eigenvalue weighted by atomic mass is 32.1. The Morgan fingerprint density at radius 3 is 2.54 bits per heavy atom. The third-order valence-electron chi connectivity index (χ3n) is 3.67. The van der Waals surface area contributed by atoms with E-state index in [0.717, 1.165) is 30.0 Å². The van der Waals surface area contributed by atoms with E-state index in [1.165, 1.54) is 0 Å². The van der Waals surface area contributed by atoms with Gasteiger partial charge in [0.25, 0.3) is 5.91 Å². The van der Waals surface area contributed by atoms with Gasteiger partial charge in [0.15, 0.2) is 11.7 Å². The van der Waals surface area contributed by atoms with Crippen LogP contribution in [0.25, 0.3) is 10.8 Å². The van der Waals surface area contributed by atoms with Crippen LogP contribution in [0.15, 0.2) is 42.5 Å². The summed E-state index contributed by atoms with van der Waals surface area (Å²) in [6.45, 7) is 1.90. The van der Waals surface area contributed by atoms with Crippen LogP contribution >= 0.6 is 12.2 Å². The molecule has 0 aliphatic rings. The van der Waals surface area contributed by atoms with E-state index in [1.807, 2.05) is 42.5 Å². The molecule has 138 valence electrons. The quantitative estimate of drug-likeness (QED) is 0.395. The summed E-state index contributed by atoms with van der Waals surface area (Å²) in [4.78, 5) is 23.4. The van der Waals surface area contributed by atoms with Crippen LogP contribution in [0.2, 0.25) is 0 Å². The van der Waals surface area contributed by atoms with Gasteiger partial charge in [-0.2, -0.15) is 0 Å². The van der Waals surface area contributed by atoms with Crippen molar-refractivity contribution in [1.82, 2.24) is 16.2 Å². The van der Waals surface area contributed by atoms with Gasteiger partial charge >= 0.3 is 0 Å². The zero-order valence-corrected chi connectivity index (χ0v) is 15.5. The van der Waals surface area contributed by atoms with E-state index in [-0.39, 0.29) is 17.6 Å². The third kappa shape index (κ3) is 6.68. The molecule has 26 heavy (non-hydrogen) atoms. The second-order valence-corrected chi connectivity index (χ2v) is 6.21. The lowest BCUT2D eigenvalue weighted by Crippen LogP contribution is -2.49. The predicted octanol–water partition coefficient (Wildman–Crippen LogP) is 2.82. The minimum absolute atomic E-state index is 0.0607. The molecule has 7 heteroatoms. The summed E-state index contributed by atoms with van der Waals surface area (Å²) >= 11 is 4.96. The minimum Gasteiger partial charge on any atom is -0.484 e. The number of ether oxygens (including phenoxy) is 1. The Kier molecular flexibility index (Phi) is 7.82. The van der Waals surface area contributed by atoms with Gasteiger partial charge in [-0.25, -0.2) is 0 Å². The van der Waals surface area contributed by atoms with Crippen LogP contribution < -0.4 is 20.9 Å². The van der Waals surface area contributed by atoms with Crippen molar-refractivity contribution in [2.24, 2.45) is 0 Å². The van der Waals surface area contributed by atoms with E-state index >= 15 is 0 Å². The summed E-state index contributed by atoms with van der Waals surface area (Å²) in [5.74, 6) is 0.0315. The Morgan fingerprint density at radius 1 is 1.00 bits per heavy atom. The summed E-state index contributed by atoms with van der Waals surface area (Å²) in [7, 11) is 0. The Bertz CT molecular complexity index is 779. The van der Waals surface area contributed by atoms with Crippen LogP contribution in [0.4, 0.5) is 0 Å². The van der Waals surface area contributed by atoms with Crippen LogP contribution in [0.5, 0.6) is 5.75 Å². The molecule has 2 amide bonds.